The lowest BCUT2D eigenvalue weighted by atomic mass is 9.88. The third kappa shape index (κ3) is 8.73. The predicted molar refractivity (Wildman–Crippen MR) is 135 cm³/mol. The lowest BCUT2D eigenvalue weighted by Crippen LogP contribution is -2.24. The Bertz CT molecular complexity index is 854. The van der Waals surface area contributed by atoms with Crippen LogP contribution < -0.4 is 20.4 Å². The number of nitrogens with one attached hydrogen (secondary N) is 2. The monoisotopic (exact) mass is 455 g/mol. The van der Waals surface area contributed by atoms with Crippen molar-refractivity contribution in [3.05, 3.63) is 42.7 Å². The van der Waals surface area contributed by atoms with Crippen molar-refractivity contribution in [3.63, 3.8) is 0 Å². The van der Waals surface area contributed by atoms with E-state index in [0.29, 0.717) is 6.61 Å². The highest BCUT2D eigenvalue weighted by Gasteiger charge is 2.20. The molecule has 3 rings (SSSR count). The molecule has 1 saturated carbocycles. The number of hydrogen-bond acceptors (Lipinski definition) is 6. The van der Waals surface area contributed by atoms with Gasteiger partial charge in [-0.05, 0) is 43.2 Å². The second-order valence-electron chi connectivity index (χ2n) is 8.29. The third-order valence-electron chi connectivity index (χ3n) is 5.55. The lowest BCUT2D eigenvalue weighted by molar-refractivity contribution is -0.120. The Kier molecular flexibility index (Phi) is 11.2. The number of hydrogen-bond donors (Lipinski definition) is 2. The lowest BCUT2D eigenvalue weighted by Gasteiger charge is -2.22. The SMILES string of the molecule is COCCNc1ccc(N(C)C)c(N(C)C=O)c1.O=C(Nc1ccncc1)C1CCCCC1. The zero-order valence-corrected chi connectivity index (χ0v) is 20.2. The first kappa shape index (κ1) is 26.1. The van der Waals surface area contributed by atoms with Crippen molar-refractivity contribution in [2.24, 2.45) is 5.92 Å². The highest BCUT2D eigenvalue weighted by Crippen LogP contribution is 2.30. The first-order valence-electron chi connectivity index (χ1n) is 11.4. The molecule has 8 heteroatoms. The quantitative estimate of drug-likeness (QED) is 0.439. The molecule has 2 N–H and O–H groups in total. The van der Waals surface area contributed by atoms with Gasteiger partial charge in [0.15, 0.2) is 0 Å². The van der Waals surface area contributed by atoms with Gasteiger partial charge in [0, 0.05) is 64.5 Å². The van der Waals surface area contributed by atoms with Gasteiger partial charge in [-0.1, -0.05) is 19.3 Å². The molecule has 1 aromatic heterocycles. The maximum Gasteiger partial charge on any atom is 0.227 e. The summed E-state index contributed by atoms with van der Waals surface area (Å²) in [6.45, 7) is 1.39. The first-order chi connectivity index (χ1) is 16.0. The number of pyridine rings is 1. The number of carbonyl (C=O) groups excluding carboxylic acids is 2. The summed E-state index contributed by atoms with van der Waals surface area (Å²) < 4.78 is 4.99. The number of methoxy groups -OCH3 is 1. The van der Waals surface area contributed by atoms with Crippen LogP contribution in [-0.2, 0) is 14.3 Å². The second kappa shape index (κ2) is 14.1. The topological polar surface area (TPSA) is 86.8 Å². The maximum atomic E-state index is 11.8. The van der Waals surface area contributed by atoms with E-state index in [1.54, 1.807) is 31.5 Å². The number of rotatable bonds is 9. The van der Waals surface area contributed by atoms with Crippen LogP contribution in [0.4, 0.5) is 22.7 Å². The standard InChI is InChI=1S/C13H21N3O2.C12H16N2O/c1-15(2)12-6-5-11(14-7-8-18-4)9-13(12)16(3)10-17;15-12(10-4-2-1-3-5-10)14-11-6-8-13-9-7-11/h5-6,9-10,14H,7-8H2,1-4H3;6-10H,1-5H2,(H,13,14,15). The number of anilines is 4. The fourth-order valence-corrected chi connectivity index (χ4v) is 3.69. The van der Waals surface area contributed by atoms with E-state index in [9.17, 15) is 9.59 Å². The molecule has 8 nitrogen and oxygen atoms in total. The molecule has 1 heterocycles. The molecule has 0 saturated heterocycles. The average molecular weight is 456 g/mol. The van der Waals surface area contributed by atoms with E-state index in [0.717, 1.165) is 48.5 Å². The second-order valence-corrected chi connectivity index (χ2v) is 8.29. The fraction of sp³-hybridized carbons (Fsp3) is 0.480. The maximum absolute atomic E-state index is 11.8. The summed E-state index contributed by atoms with van der Waals surface area (Å²) in [5, 5.41) is 6.18. The van der Waals surface area contributed by atoms with E-state index in [4.69, 9.17) is 4.74 Å². The van der Waals surface area contributed by atoms with E-state index in [2.05, 4.69) is 15.6 Å². The van der Waals surface area contributed by atoms with Gasteiger partial charge in [-0.25, -0.2) is 0 Å². The van der Waals surface area contributed by atoms with Crippen LogP contribution in [-0.4, -0.2) is 58.7 Å². The van der Waals surface area contributed by atoms with Crippen molar-refractivity contribution in [1.82, 2.24) is 4.98 Å². The Morgan fingerprint density at radius 3 is 2.36 bits per heavy atom. The molecule has 0 bridgehead atoms. The predicted octanol–water partition coefficient (Wildman–Crippen LogP) is 4.00. The Morgan fingerprint density at radius 2 is 1.76 bits per heavy atom. The number of benzene rings is 1. The van der Waals surface area contributed by atoms with E-state index in [1.807, 2.05) is 49.3 Å². The van der Waals surface area contributed by atoms with Crippen LogP contribution in [0.1, 0.15) is 32.1 Å². The Balaban J connectivity index is 0.000000237. The summed E-state index contributed by atoms with van der Waals surface area (Å²) in [5.41, 5.74) is 3.70. The van der Waals surface area contributed by atoms with Crippen LogP contribution in [0.15, 0.2) is 42.7 Å². The summed E-state index contributed by atoms with van der Waals surface area (Å²) in [7, 11) is 7.32. The van der Waals surface area contributed by atoms with Gasteiger partial charge in [0.25, 0.3) is 0 Å². The van der Waals surface area contributed by atoms with Gasteiger partial charge >= 0.3 is 0 Å². The van der Waals surface area contributed by atoms with Gasteiger partial charge in [-0.2, -0.15) is 0 Å². The highest BCUT2D eigenvalue weighted by atomic mass is 16.5. The molecule has 0 atom stereocenters. The number of carbonyl (C=O) groups is 2. The van der Waals surface area contributed by atoms with Gasteiger partial charge in [-0.15, -0.1) is 0 Å². The fourth-order valence-electron chi connectivity index (χ4n) is 3.69. The minimum absolute atomic E-state index is 0.168. The van der Waals surface area contributed by atoms with Crippen LogP contribution >= 0.6 is 0 Å². The Morgan fingerprint density at radius 1 is 1.06 bits per heavy atom. The summed E-state index contributed by atoms with van der Waals surface area (Å²) >= 11 is 0. The van der Waals surface area contributed by atoms with E-state index in [1.165, 1.54) is 19.3 Å². The van der Waals surface area contributed by atoms with Crippen LogP contribution in [0.5, 0.6) is 0 Å². The molecular weight excluding hydrogens is 418 g/mol. The normalized spacial score (nSPS) is 13.3. The smallest absolute Gasteiger partial charge is 0.227 e. The van der Waals surface area contributed by atoms with Crippen molar-refractivity contribution in [2.75, 3.05) is 61.8 Å². The molecule has 1 fully saturated rings. The van der Waals surface area contributed by atoms with Crippen molar-refractivity contribution in [2.45, 2.75) is 32.1 Å². The zero-order valence-electron chi connectivity index (χ0n) is 20.2. The summed E-state index contributed by atoms with van der Waals surface area (Å²) in [5.74, 6) is 0.382. The molecule has 33 heavy (non-hydrogen) atoms. The molecule has 0 aliphatic heterocycles. The van der Waals surface area contributed by atoms with Gasteiger partial charge in [-0.3, -0.25) is 14.6 Å². The molecule has 1 aliphatic rings. The molecular formula is C25H37N5O3. The molecule has 180 valence electrons. The summed E-state index contributed by atoms with van der Waals surface area (Å²) in [6.07, 6.45) is 9.92. The summed E-state index contributed by atoms with van der Waals surface area (Å²) in [6, 6.07) is 9.58. The largest absolute Gasteiger partial charge is 0.383 e. The average Bonchev–Trinajstić information content (AvgIpc) is 2.85. The molecule has 0 radical (unpaired) electrons. The molecule has 1 aliphatic carbocycles. The zero-order chi connectivity index (χ0) is 24.1. The van der Waals surface area contributed by atoms with E-state index in [-0.39, 0.29) is 11.8 Å². The van der Waals surface area contributed by atoms with Gasteiger partial charge in [0.1, 0.15) is 0 Å². The molecule has 2 amide bonds. The first-order valence-corrected chi connectivity index (χ1v) is 11.4. The molecule has 0 unspecified atom stereocenters. The summed E-state index contributed by atoms with van der Waals surface area (Å²) in [4.78, 5) is 30.2. The minimum atomic E-state index is 0.168. The van der Waals surface area contributed by atoms with Crippen molar-refractivity contribution in [3.8, 4) is 0 Å². The highest BCUT2D eigenvalue weighted by molar-refractivity contribution is 5.92. The van der Waals surface area contributed by atoms with E-state index >= 15 is 0 Å². The van der Waals surface area contributed by atoms with Crippen molar-refractivity contribution < 1.29 is 14.3 Å². The molecule has 2 aromatic rings. The van der Waals surface area contributed by atoms with Crippen LogP contribution in [0.2, 0.25) is 0 Å². The number of nitrogens with zero attached hydrogens (tertiary/aromatic N) is 3. The van der Waals surface area contributed by atoms with E-state index < -0.39 is 0 Å². The van der Waals surface area contributed by atoms with Crippen LogP contribution in [0, 0.1) is 5.92 Å². The third-order valence-corrected chi connectivity index (χ3v) is 5.55. The Hall–Kier alpha value is -3.13. The van der Waals surface area contributed by atoms with Gasteiger partial charge in [0.2, 0.25) is 12.3 Å². The van der Waals surface area contributed by atoms with Gasteiger partial charge in [0.05, 0.1) is 18.0 Å². The van der Waals surface area contributed by atoms with Crippen LogP contribution in [0.25, 0.3) is 0 Å². The van der Waals surface area contributed by atoms with Crippen molar-refractivity contribution in [1.29, 1.82) is 0 Å². The van der Waals surface area contributed by atoms with Crippen LogP contribution in [0.3, 0.4) is 0 Å². The van der Waals surface area contributed by atoms with Gasteiger partial charge < -0.3 is 25.2 Å². The Labute approximate surface area is 197 Å². The van der Waals surface area contributed by atoms with Crippen molar-refractivity contribution >= 4 is 35.1 Å². The molecule has 0 spiro atoms. The number of amides is 2. The number of aromatic nitrogens is 1. The molecule has 1 aromatic carbocycles. The number of ether oxygens (including phenoxy) is 1. The minimum Gasteiger partial charge on any atom is -0.383 e.